The number of aromatic nitrogens is 2. The Bertz CT molecular complexity index is 483. The Morgan fingerprint density at radius 3 is 2.62 bits per heavy atom. The first-order valence-corrected chi connectivity index (χ1v) is 4.98. The second-order valence-electron chi connectivity index (χ2n) is 3.65. The fraction of sp³-hybridized carbons (Fsp3) is 0.167. The minimum absolute atomic E-state index is 0.348. The largest absolute Gasteiger partial charge is 0.308 e. The molecule has 0 spiro atoms. The zero-order valence-electron chi connectivity index (χ0n) is 8.74. The first-order chi connectivity index (χ1) is 7.74. The van der Waals surface area contributed by atoms with E-state index in [1.165, 1.54) is 0 Å². The highest BCUT2D eigenvalue weighted by molar-refractivity contribution is 5.30. The van der Waals surface area contributed by atoms with Crippen molar-refractivity contribution in [3.8, 4) is 6.07 Å². The summed E-state index contributed by atoms with van der Waals surface area (Å²) in [5, 5.41) is 13.3. The van der Waals surface area contributed by atoms with Gasteiger partial charge in [0.05, 0.1) is 12.6 Å². The number of nitrogens with two attached hydrogens (primary N) is 1. The summed E-state index contributed by atoms with van der Waals surface area (Å²) in [6, 6.07) is 13.3. The number of nitriles is 1. The van der Waals surface area contributed by atoms with Gasteiger partial charge in [0.1, 0.15) is 5.54 Å². The summed E-state index contributed by atoms with van der Waals surface area (Å²) in [4.78, 5) is 0. The molecule has 2 rings (SSSR count). The molecular weight excluding hydrogens is 200 g/mol. The topological polar surface area (TPSA) is 67.6 Å². The van der Waals surface area contributed by atoms with Crippen LogP contribution in [0.3, 0.4) is 0 Å². The third-order valence-corrected chi connectivity index (χ3v) is 2.46. The SMILES string of the molecule is N#CC(N)(Cn1cccn1)c1ccccc1. The van der Waals surface area contributed by atoms with Crippen LogP contribution < -0.4 is 5.73 Å². The number of benzene rings is 1. The van der Waals surface area contributed by atoms with Crippen molar-refractivity contribution in [3.05, 3.63) is 54.4 Å². The summed E-state index contributed by atoms with van der Waals surface area (Å²) in [6.45, 7) is 0.348. The maximum absolute atomic E-state index is 9.22. The summed E-state index contributed by atoms with van der Waals surface area (Å²) in [6.07, 6.45) is 3.46. The van der Waals surface area contributed by atoms with Gasteiger partial charge in [0.2, 0.25) is 0 Å². The first kappa shape index (κ1) is 10.4. The molecule has 0 amide bonds. The van der Waals surface area contributed by atoms with Crippen molar-refractivity contribution in [2.45, 2.75) is 12.1 Å². The van der Waals surface area contributed by atoms with E-state index in [9.17, 15) is 5.26 Å². The summed E-state index contributed by atoms with van der Waals surface area (Å²) >= 11 is 0. The molecule has 4 nitrogen and oxygen atoms in total. The molecule has 0 aliphatic heterocycles. The molecule has 1 aromatic heterocycles. The quantitative estimate of drug-likeness (QED) is 0.832. The van der Waals surface area contributed by atoms with E-state index in [4.69, 9.17) is 5.73 Å². The molecule has 4 heteroatoms. The van der Waals surface area contributed by atoms with E-state index in [-0.39, 0.29) is 0 Å². The molecule has 1 unspecified atom stereocenters. The Morgan fingerprint density at radius 2 is 2.06 bits per heavy atom. The molecule has 2 aromatic rings. The van der Waals surface area contributed by atoms with Crippen LogP contribution in [0.1, 0.15) is 5.56 Å². The fourth-order valence-electron chi connectivity index (χ4n) is 1.58. The number of hydrogen-bond donors (Lipinski definition) is 1. The van der Waals surface area contributed by atoms with E-state index in [0.29, 0.717) is 6.54 Å². The van der Waals surface area contributed by atoms with Crippen LogP contribution in [-0.4, -0.2) is 9.78 Å². The zero-order valence-corrected chi connectivity index (χ0v) is 8.74. The van der Waals surface area contributed by atoms with Crippen LogP contribution in [0.15, 0.2) is 48.8 Å². The lowest BCUT2D eigenvalue weighted by molar-refractivity contribution is 0.442. The van der Waals surface area contributed by atoms with Gasteiger partial charge in [-0.05, 0) is 11.6 Å². The Kier molecular flexibility index (Phi) is 2.71. The van der Waals surface area contributed by atoms with E-state index >= 15 is 0 Å². The van der Waals surface area contributed by atoms with Gasteiger partial charge in [-0.1, -0.05) is 30.3 Å². The first-order valence-electron chi connectivity index (χ1n) is 4.98. The van der Waals surface area contributed by atoms with Gasteiger partial charge in [0.15, 0.2) is 0 Å². The fourth-order valence-corrected chi connectivity index (χ4v) is 1.58. The molecule has 16 heavy (non-hydrogen) atoms. The van der Waals surface area contributed by atoms with Gasteiger partial charge < -0.3 is 5.73 Å². The van der Waals surface area contributed by atoms with Crippen molar-refractivity contribution >= 4 is 0 Å². The molecule has 1 aromatic carbocycles. The summed E-state index contributed by atoms with van der Waals surface area (Å²) in [5.74, 6) is 0. The highest BCUT2D eigenvalue weighted by Crippen LogP contribution is 2.18. The molecule has 1 atom stereocenters. The highest BCUT2D eigenvalue weighted by Gasteiger charge is 2.27. The van der Waals surface area contributed by atoms with Crippen molar-refractivity contribution in [2.24, 2.45) is 5.73 Å². The second kappa shape index (κ2) is 4.17. The van der Waals surface area contributed by atoms with Gasteiger partial charge in [0.25, 0.3) is 0 Å². The van der Waals surface area contributed by atoms with Crippen LogP contribution in [-0.2, 0) is 12.1 Å². The summed E-state index contributed by atoms with van der Waals surface area (Å²) in [5.41, 5.74) is 5.85. The van der Waals surface area contributed by atoms with Gasteiger partial charge in [-0.25, -0.2) is 0 Å². The lowest BCUT2D eigenvalue weighted by Crippen LogP contribution is -2.39. The standard InChI is InChI=1S/C12H12N4/c13-9-12(14,10-16-8-4-7-15-16)11-5-2-1-3-6-11/h1-8H,10,14H2. The van der Waals surface area contributed by atoms with Crippen LogP contribution in [0.5, 0.6) is 0 Å². The zero-order chi connectivity index (χ0) is 11.4. The van der Waals surface area contributed by atoms with Gasteiger partial charge in [-0.3, -0.25) is 4.68 Å². The van der Waals surface area contributed by atoms with Crippen LogP contribution in [0.2, 0.25) is 0 Å². The minimum atomic E-state index is -1.03. The molecule has 2 N–H and O–H groups in total. The van der Waals surface area contributed by atoms with Crippen LogP contribution >= 0.6 is 0 Å². The lowest BCUT2D eigenvalue weighted by atomic mass is 9.93. The van der Waals surface area contributed by atoms with Gasteiger partial charge in [0, 0.05) is 12.4 Å². The number of hydrogen-bond acceptors (Lipinski definition) is 3. The molecule has 0 aliphatic rings. The van der Waals surface area contributed by atoms with Crippen molar-refractivity contribution in [1.29, 1.82) is 5.26 Å². The van der Waals surface area contributed by atoms with Crippen LogP contribution in [0.4, 0.5) is 0 Å². The Balaban J connectivity index is 2.31. The third-order valence-electron chi connectivity index (χ3n) is 2.46. The Morgan fingerprint density at radius 1 is 1.31 bits per heavy atom. The maximum atomic E-state index is 9.22. The van der Waals surface area contributed by atoms with Crippen molar-refractivity contribution in [2.75, 3.05) is 0 Å². The van der Waals surface area contributed by atoms with Gasteiger partial charge >= 0.3 is 0 Å². The average Bonchev–Trinajstić information content (AvgIpc) is 2.83. The molecule has 0 saturated heterocycles. The van der Waals surface area contributed by atoms with Crippen LogP contribution in [0.25, 0.3) is 0 Å². The normalized spacial score (nSPS) is 14.0. The molecule has 0 aliphatic carbocycles. The maximum Gasteiger partial charge on any atom is 0.149 e. The summed E-state index contributed by atoms with van der Waals surface area (Å²) in [7, 11) is 0. The molecular formula is C12H12N4. The molecule has 1 heterocycles. The van der Waals surface area contributed by atoms with Crippen molar-refractivity contribution in [3.63, 3.8) is 0 Å². The van der Waals surface area contributed by atoms with E-state index in [1.807, 2.05) is 36.4 Å². The van der Waals surface area contributed by atoms with Gasteiger partial charge in [-0.2, -0.15) is 10.4 Å². The van der Waals surface area contributed by atoms with Crippen molar-refractivity contribution < 1.29 is 0 Å². The second-order valence-corrected chi connectivity index (χ2v) is 3.65. The van der Waals surface area contributed by atoms with E-state index in [1.54, 1.807) is 17.1 Å². The molecule has 0 saturated carbocycles. The molecule has 0 radical (unpaired) electrons. The average molecular weight is 212 g/mol. The minimum Gasteiger partial charge on any atom is -0.308 e. The predicted octanol–water partition coefficient (Wildman–Crippen LogP) is 1.26. The Hall–Kier alpha value is -2.12. The number of nitrogens with zero attached hydrogens (tertiary/aromatic N) is 3. The predicted molar refractivity (Wildman–Crippen MR) is 60.1 cm³/mol. The molecule has 80 valence electrons. The lowest BCUT2D eigenvalue weighted by Gasteiger charge is -2.21. The van der Waals surface area contributed by atoms with E-state index in [2.05, 4.69) is 11.2 Å². The van der Waals surface area contributed by atoms with Crippen molar-refractivity contribution in [1.82, 2.24) is 9.78 Å². The van der Waals surface area contributed by atoms with Gasteiger partial charge in [-0.15, -0.1) is 0 Å². The number of rotatable bonds is 3. The highest BCUT2D eigenvalue weighted by atomic mass is 15.3. The molecule has 0 fully saturated rings. The van der Waals surface area contributed by atoms with E-state index in [0.717, 1.165) is 5.56 Å². The third kappa shape index (κ3) is 1.95. The monoisotopic (exact) mass is 212 g/mol. The smallest absolute Gasteiger partial charge is 0.149 e. The Labute approximate surface area is 93.9 Å². The summed E-state index contributed by atoms with van der Waals surface area (Å²) < 4.78 is 1.66. The van der Waals surface area contributed by atoms with Crippen LogP contribution in [0, 0.1) is 11.3 Å². The molecule has 0 bridgehead atoms. The van der Waals surface area contributed by atoms with E-state index < -0.39 is 5.54 Å².